The Morgan fingerprint density at radius 3 is 2.62 bits per heavy atom. The van der Waals surface area contributed by atoms with Crippen LogP contribution >= 0.6 is 23.4 Å². The molecular weight excluding hydrogens is 450 g/mol. The van der Waals surface area contributed by atoms with E-state index in [1.165, 1.54) is 11.8 Å². The molecule has 10 heteroatoms. The van der Waals surface area contributed by atoms with E-state index in [2.05, 4.69) is 15.1 Å². The van der Waals surface area contributed by atoms with Crippen LogP contribution in [0.5, 0.6) is 11.5 Å². The minimum Gasteiger partial charge on any atom is -0.493 e. The first-order valence-corrected chi connectivity index (χ1v) is 11.2. The Bertz CT molecular complexity index is 1200. The predicted molar refractivity (Wildman–Crippen MR) is 124 cm³/mol. The number of ether oxygens (including phenoxy) is 2. The molecule has 0 spiro atoms. The Balaban J connectivity index is 1.73. The third-order valence-electron chi connectivity index (χ3n) is 5.27. The van der Waals surface area contributed by atoms with Crippen molar-refractivity contribution < 1.29 is 14.3 Å². The Kier molecular flexibility index (Phi) is 6.38. The Morgan fingerprint density at radius 2 is 1.94 bits per heavy atom. The second kappa shape index (κ2) is 9.22. The number of thioether (sulfide) groups is 1. The minimum absolute atomic E-state index is 0.418. The minimum atomic E-state index is -0.677. The zero-order chi connectivity index (χ0) is 22.8. The summed E-state index contributed by atoms with van der Waals surface area (Å²) < 4.78 is 12.4. The quantitative estimate of drug-likeness (QED) is 0.521. The van der Waals surface area contributed by atoms with Crippen LogP contribution in [0.1, 0.15) is 24.1 Å². The van der Waals surface area contributed by atoms with Crippen LogP contribution in [0.25, 0.3) is 0 Å². The summed E-state index contributed by atoms with van der Waals surface area (Å²) in [5.74, 6) is 0.986. The van der Waals surface area contributed by atoms with Gasteiger partial charge in [-0.1, -0.05) is 47.6 Å². The first-order chi connectivity index (χ1) is 15.4. The van der Waals surface area contributed by atoms with Gasteiger partial charge in [-0.05, 0) is 36.2 Å². The number of amides is 1. The Labute approximate surface area is 194 Å². The fraction of sp³-hybridized carbons (Fsp3) is 0.273. The number of rotatable bonds is 7. The molecule has 166 valence electrons. The van der Waals surface area contributed by atoms with Crippen molar-refractivity contribution in [2.45, 2.75) is 23.9 Å². The smallest absolute Gasteiger partial charge is 0.249 e. The van der Waals surface area contributed by atoms with E-state index < -0.39 is 17.9 Å². The summed E-state index contributed by atoms with van der Waals surface area (Å²) >= 11 is 7.71. The lowest BCUT2D eigenvalue weighted by Crippen LogP contribution is -2.39. The molecule has 0 saturated heterocycles. The molecule has 3 aromatic rings. The van der Waals surface area contributed by atoms with Gasteiger partial charge in [-0.3, -0.25) is 4.79 Å². The van der Waals surface area contributed by atoms with Crippen molar-refractivity contribution in [2.24, 2.45) is 16.6 Å². The van der Waals surface area contributed by atoms with E-state index in [1.54, 1.807) is 31.9 Å². The van der Waals surface area contributed by atoms with E-state index in [-0.39, 0.29) is 0 Å². The lowest BCUT2D eigenvalue weighted by Gasteiger charge is -2.29. The number of hydrogen-bond acceptors (Lipinski definition) is 7. The molecule has 0 radical (unpaired) electrons. The Morgan fingerprint density at radius 1 is 1.19 bits per heavy atom. The van der Waals surface area contributed by atoms with Crippen LogP contribution in [0.15, 0.2) is 52.6 Å². The van der Waals surface area contributed by atoms with Crippen LogP contribution in [0.2, 0.25) is 5.02 Å². The third-order valence-corrected chi connectivity index (χ3v) is 6.52. The van der Waals surface area contributed by atoms with Crippen molar-refractivity contribution >= 4 is 40.9 Å². The molecule has 32 heavy (non-hydrogen) atoms. The van der Waals surface area contributed by atoms with Crippen molar-refractivity contribution in [1.29, 1.82) is 0 Å². The molecule has 8 nitrogen and oxygen atoms in total. The van der Waals surface area contributed by atoms with E-state index in [0.717, 1.165) is 11.1 Å². The van der Waals surface area contributed by atoms with Crippen molar-refractivity contribution in [2.75, 3.05) is 14.2 Å². The first kappa shape index (κ1) is 22.2. The summed E-state index contributed by atoms with van der Waals surface area (Å²) in [4.78, 5) is 21.5. The summed E-state index contributed by atoms with van der Waals surface area (Å²) in [7, 11) is 3.13. The van der Waals surface area contributed by atoms with Gasteiger partial charge in [0.05, 0.1) is 20.3 Å². The Hall–Kier alpha value is -3.04. The first-order valence-electron chi connectivity index (χ1n) is 9.82. The summed E-state index contributed by atoms with van der Waals surface area (Å²) in [6.45, 7) is 1.78. The molecule has 1 aromatic heterocycles. The lowest BCUT2D eigenvalue weighted by atomic mass is 9.88. The average molecular weight is 472 g/mol. The summed E-state index contributed by atoms with van der Waals surface area (Å²) in [6, 6.07) is 12.6. The van der Waals surface area contributed by atoms with Gasteiger partial charge in [0.2, 0.25) is 17.0 Å². The van der Waals surface area contributed by atoms with Crippen LogP contribution in [0, 0.1) is 5.92 Å². The summed E-state index contributed by atoms with van der Waals surface area (Å²) in [6.07, 6.45) is 0. The monoisotopic (exact) mass is 471 g/mol. The number of methoxy groups -OCH3 is 2. The molecule has 0 fully saturated rings. The van der Waals surface area contributed by atoms with Crippen molar-refractivity contribution in [3.8, 4) is 11.5 Å². The number of carbonyl (C=O) groups is 1. The topological polar surface area (TPSA) is 105 Å². The van der Waals surface area contributed by atoms with Gasteiger partial charge < -0.3 is 15.2 Å². The lowest BCUT2D eigenvalue weighted by molar-refractivity contribution is -0.120. The van der Waals surface area contributed by atoms with Gasteiger partial charge in [0.15, 0.2) is 11.5 Å². The second-order valence-electron chi connectivity index (χ2n) is 7.21. The highest BCUT2D eigenvalue weighted by Gasteiger charge is 2.38. The van der Waals surface area contributed by atoms with Crippen LogP contribution < -0.4 is 15.2 Å². The standard InChI is InChI=1S/C22H22ClN5O3S/c1-12-18(20(24)29)19(13-8-9-16(30-2)17(10-13)31-3)28-21(25-12)26-22(27-28)32-11-14-6-4-5-7-15(14)23/h4-10,18-19H,11H2,1-3H3,(H2,24,29). The highest BCUT2D eigenvalue weighted by Crippen LogP contribution is 2.39. The molecule has 0 aliphatic carbocycles. The fourth-order valence-corrected chi connectivity index (χ4v) is 4.82. The van der Waals surface area contributed by atoms with E-state index in [9.17, 15) is 4.79 Å². The van der Waals surface area contributed by atoms with Crippen molar-refractivity contribution in [1.82, 2.24) is 14.8 Å². The third kappa shape index (κ3) is 4.18. The van der Waals surface area contributed by atoms with Gasteiger partial charge in [0.25, 0.3) is 0 Å². The maximum Gasteiger partial charge on any atom is 0.249 e. The predicted octanol–water partition coefficient (Wildman–Crippen LogP) is 4.04. The van der Waals surface area contributed by atoms with E-state index in [0.29, 0.717) is 39.1 Å². The number of primary amides is 1. The SMILES string of the molecule is COc1ccc(C2C(C(N)=O)C(C)=Nc3nc(SCc4ccccc4Cl)nn32)cc1OC. The van der Waals surface area contributed by atoms with Crippen LogP contribution in [0.4, 0.5) is 5.95 Å². The number of benzene rings is 2. The molecule has 0 bridgehead atoms. The molecule has 2 aromatic carbocycles. The number of fused-ring (bicyclic) bond motifs is 1. The molecule has 2 unspecified atom stereocenters. The van der Waals surface area contributed by atoms with E-state index in [1.807, 2.05) is 36.4 Å². The van der Waals surface area contributed by atoms with Gasteiger partial charge in [0.1, 0.15) is 5.92 Å². The van der Waals surface area contributed by atoms with E-state index >= 15 is 0 Å². The number of nitrogens with two attached hydrogens (primary N) is 1. The normalized spacial score (nSPS) is 17.4. The molecule has 4 rings (SSSR count). The number of aromatic nitrogens is 3. The average Bonchev–Trinajstić information content (AvgIpc) is 3.19. The largest absolute Gasteiger partial charge is 0.493 e. The molecular formula is C22H22ClN5O3S. The number of carbonyl (C=O) groups excluding carboxylic acids is 1. The van der Waals surface area contributed by atoms with Crippen LogP contribution in [-0.4, -0.2) is 40.6 Å². The second-order valence-corrected chi connectivity index (χ2v) is 8.56. The van der Waals surface area contributed by atoms with Gasteiger partial charge in [-0.2, -0.15) is 4.98 Å². The molecule has 2 N–H and O–H groups in total. The van der Waals surface area contributed by atoms with E-state index in [4.69, 9.17) is 26.8 Å². The maximum atomic E-state index is 12.4. The number of hydrogen-bond donors (Lipinski definition) is 1. The van der Waals surface area contributed by atoms with Gasteiger partial charge in [-0.15, -0.1) is 5.10 Å². The van der Waals surface area contributed by atoms with Crippen molar-refractivity contribution in [3.05, 3.63) is 58.6 Å². The highest BCUT2D eigenvalue weighted by molar-refractivity contribution is 7.98. The number of nitrogens with zero attached hydrogens (tertiary/aromatic N) is 4. The molecule has 1 aliphatic rings. The zero-order valence-corrected chi connectivity index (χ0v) is 19.4. The maximum absolute atomic E-state index is 12.4. The molecule has 0 saturated carbocycles. The summed E-state index contributed by atoms with van der Waals surface area (Å²) in [5, 5.41) is 5.88. The summed E-state index contributed by atoms with van der Waals surface area (Å²) in [5.41, 5.74) is 8.12. The number of aliphatic imine (C=N–C) groups is 1. The molecule has 1 amide bonds. The van der Waals surface area contributed by atoms with Gasteiger partial charge in [-0.25, -0.2) is 9.67 Å². The molecule has 2 heterocycles. The van der Waals surface area contributed by atoms with Gasteiger partial charge in [0, 0.05) is 16.5 Å². The highest BCUT2D eigenvalue weighted by atomic mass is 35.5. The van der Waals surface area contributed by atoms with Gasteiger partial charge >= 0.3 is 0 Å². The van der Waals surface area contributed by atoms with Crippen molar-refractivity contribution in [3.63, 3.8) is 0 Å². The number of halogens is 1. The van der Waals surface area contributed by atoms with Crippen LogP contribution in [0.3, 0.4) is 0 Å². The fourth-order valence-electron chi connectivity index (χ4n) is 3.71. The molecule has 1 aliphatic heterocycles. The molecule has 2 atom stereocenters. The zero-order valence-electron chi connectivity index (χ0n) is 17.8. The van der Waals surface area contributed by atoms with Crippen LogP contribution in [-0.2, 0) is 10.5 Å².